The number of carbonyl (C=O) groups is 7. The summed E-state index contributed by atoms with van der Waals surface area (Å²) in [5, 5.41) is 11.2. The third-order valence-corrected chi connectivity index (χ3v) is 8.69. The van der Waals surface area contributed by atoms with Crippen LogP contribution in [0.1, 0.15) is 46.6 Å². The topological polar surface area (TPSA) is 241 Å². The zero-order chi connectivity index (χ0) is 41.3. The van der Waals surface area contributed by atoms with Crippen molar-refractivity contribution < 1.29 is 90.8 Å². The maximum atomic E-state index is 13.0. The van der Waals surface area contributed by atoms with Crippen molar-refractivity contribution >= 4 is 41.8 Å². The summed E-state index contributed by atoms with van der Waals surface area (Å²) in [5.41, 5.74) is 0.876. The van der Waals surface area contributed by atoms with Crippen LogP contribution in [0.25, 0.3) is 0 Å². The van der Waals surface area contributed by atoms with Crippen molar-refractivity contribution in [3.8, 4) is 11.5 Å². The van der Waals surface area contributed by atoms with E-state index in [0.717, 1.165) is 41.1 Å². The van der Waals surface area contributed by atoms with E-state index in [2.05, 4.69) is 0 Å². The van der Waals surface area contributed by atoms with Gasteiger partial charge in [0.25, 0.3) is 0 Å². The lowest BCUT2D eigenvalue weighted by atomic mass is 9.82. The summed E-state index contributed by atoms with van der Waals surface area (Å²) in [5.74, 6) is -6.89. The number of esters is 7. The lowest BCUT2D eigenvalue weighted by Gasteiger charge is -2.46. The Bertz CT molecular complexity index is 1730. The van der Waals surface area contributed by atoms with E-state index in [0.29, 0.717) is 5.56 Å². The molecule has 1 N–H and O–H groups in total. The molecule has 0 saturated carbocycles. The number of aliphatic hydroxyl groups excluding tert-OH is 1. The number of carbonyl (C=O) groups excluding carboxylic acids is 7. The standard InChI is InChI=1S/C37H44O19/c1-17(38)48-16-28-32(52-19(3)40)33(53-20(4)41)34(54-21(5)42)37(55-28)56-36-30-23(13-25(43)31(30)24(15-50-36)35(45)47-7)14-49-29(44)11-9-22-8-10-26(51-18(2)39)27(12-22)46-6/h8,10,12-13,15,25,28,30-34,36-37,43H,9,11,14,16H2,1-7H3/t25-,28+,30+,31-,32+,33-,34+,36-,37-/m0/s1. The van der Waals surface area contributed by atoms with Crippen molar-refractivity contribution in [3.63, 3.8) is 0 Å². The van der Waals surface area contributed by atoms with Crippen molar-refractivity contribution in [2.75, 3.05) is 27.4 Å². The van der Waals surface area contributed by atoms with E-state index in [1.807, 2.05) is 0 Å². The van der Waals surface area contributed by atoms with Gasteiger partial charge in [0.15, 0.2) is 29.8 Å². The zero-order valence-corrected chi connectivity index (χ0v) is 31.7. The van der Waals surface area contributed by atoms with Gasteiger partial charge in [0.2, 0.25) is 12.6 Å². The molecule has 1 aliphatic carbocycles. The molecule has 0 aromatic heterocycles. The average molecular weight is 793 g/mol. The Balaban J connectivity index is 1.60. The van der Waals surface area contributed by atoms with Gasteiger partial charge in [-0.05, 0) is 29.7 Å². The predicted molar refractivity (Wildman–Crippen MR) is 183 cm³/mol. The number of aliphatic hydroxyl groups is 1. The third-order valence-electron chi connectivity index (χ3n) is 8.69. The smallest absolute Gasteiger partial charge is 0.337 e. The molecule has 0 spiro atoms. The molecule has 0 radical (unpaired) electrons. The van der Waals surface area contributed by atoms with Crippen LogP contribution in [-0.4, -0.2) is 117 Å². The quantitative estimate of drug-likeness (QED) is 0.113. The third kappa shape index (κ3) is 11.0. The van der Waals surface area contributed by atoms with Crippen molar-refractivity contribution in [1.29, 1.82) is 0 Å². The first-order valence-corrected chi connectivity index (χ1v) is 17.3. The first kappa shape index (κ1) is 43.2. The van der Waals surface area contributed by atoms with Crippen LogP contribution in [0.4, 0.5) is 0 Å². The highest BCUT2D eigenvalue weighted by Gasteiger charge is 2.56. The summed E-state index contributed by atoms with van der Waals surface area (Å²) in [6.07, 6.45) is -7.90. The van der Waals surface area contributed by atoms with Crippen LogP contribution in [-0.2, 0) is 82.6 Å². The van der Waals surface area contributed by atoms with Gasteiger partial charge >= 0.3 is 41.8 Å². The minimum Gasteiger partial charge on any atom is -0.493 e. The van der Waals surface area contributed by atoms with E-state index in [1.54, 1.807) is 12.1 Å². The highest BCUT2D eigenvalue weighted by atomic mass is 16.8. The molecule has 1 aromatic carbocycles. The Morgan fingerprint density at radius 1 is 0.750 bits per heavy atom. The molecule has 19 heteroatoms. The van der Waals surface area contributed by atoms with E-state index in [4.69, 9.17) is 52.1 Å². The summed E-state index contributed by atoms with van der Waals surface area (Å²) < 4.78 is 60.5. The SMILES string of the molecule is COC(=O)C1=CO[C@@H](O[C@@H]2O[C@H](COC(C)=O)[C@@H](OC(C)=O)[C@H](OC(C)=O)[C@H]2OC(C)=O)[C@@H]2C(COC(=O)CCc3ccc(OC(C)=O)c(OC)c3)=C[C@H](O)[C@H]12. The van der Waals surface area contributed by atoms with Crippen LogP contribution in [0.5, 0.6) is 11.5 Å². The summed E-state index contributed by atoms with van der Waals surface area (Å²) >= 11 is 0. The predicted octanol–water partition coefficient (Wildman–Crippen LogP) is 1.14. The van der Waals surface area contributed by atoms with Crippen molar-refractivity contribution in [2.24, 2.45) is 11.8 Å². The molecule has 306 valence electrons. The Morgan fingerprint density at radius 2 is 1.41 bits per heavy atom. The Labute approximate surface area is 321 Å². The molecule has 4 rings (SSSR count). The normalized spacial score (nSPS) is 26.5. The van der Waals surface area contributed by atoms with Crippen LogP contribution < -0.4 is 9.47 Å². The van der Waals surface area contributed by atoms with Gasteiger partial charge in [0.05, 0.1) is 38.1 Å². The number of ether oxygens (including phenoxy) is 11. The van der Waals surface area contributed by atoms with Crippen LogP contribution in [0.3, 0.4) is 0 Å². The van der Waals surface area contributed by atoms with Crippen LogP contribution in [0, 0.1) is 11.8 Å². The van der Waals surface area contributed by atoms with Crippen molar-refractivity contribution in [3.05, 3.63) is 47.2 Å². The molecule has 0 unspecified atom stereocenters. The molecule has 1 aromatic rings. The molecule has 0 amide bonds. The number of rotatable bonds is 15. The highest BCUT2D eigenvalue weighted by molar-refractivity contribution is 5.89. The number of fused-ring (bicyclic) bond motifs is 1. The summed E-state index contributed by atoms with van der Waals surface area (Å²) in [4.78, 5) is 85.7. The van der Waals surface area contributed by atoms with Gasteiger partial charge in [0.1, 0.15) is 19.3 Å². The van der Waals surface area contributed by atoms with Crippen LogP contribution in [0.2, 0.25) is 0 Å². The number of methoxy groups -OCH3 is 2. The maximum Gasteiger partial charge on any atom is 0.337 e. The molecule has 3 aliphatic rings. The molecule has 1 fully saturated rings. The second-order valence-electron chi connectivity index (χ2n) is 12.8. The minimum atomic E-state index is -1.68. The average Bonchev–Trinajstić information content (AvgIpc) is 3.46. The van der Waals surface area contributed by atoms with E-state index in [1.165, 1.54) is 26.2 Å². The Morgan fingerprint density at radius 3 is 2.02 bits per heavy atom. The highest BCUT2D eigenvalue weighted by Crippen LogP contribution is 2.45. The molecule has 56 heavy (non-hydrogen) atoms. The Kier molecular flexibility index (Phi) is 14.9. The van der Waals surface area contributed by atoms with Gasteiger partial charge in [-0.15, -0.1) is 0 Å². The summed E-state index contributed by atoms with van der Waals surface area (Å²) in [6.45, 7) is 4.66. The van der Waals surface area contributed by atoms with E-state index < -0.39 is 103 Å². The molecule has 19 nitrogen and oxygen atoms in total. The molecule has 0 bridgehead atoms. The number of hydrogen-bond donors (Lipinski definition) is 1. The molecular formula is C37H44O19. The molecule has 1 saturated heterocycles. The number of aryl methyl sites for hydroxylation is 1. The molecule has 2 heterocycles. The number of hydrogen-bond acceptors (Lipinski definition) is 19. The van der Waals surface area contributed by atoms with Gasteiger partial charge < -0.3 is 57.2 Å². The second kappa shape index (κ2) is 19.4. The zero-order valence-electron chi connectivity index (χ0n) is 31.7. The fraction of sp³-hybridized carbons (Fsp3) is 0.541. The molecule has 9 atom stereocenters. The van der Waals surface area contributed by atoms with Crippen molar-refractivity contribution in [2.45, 2.75) is 90.6 Å². The van der Waals surface area contributed by atoms with Crippen molar-refractivity contribution in [1.82, 2.24) is 0 Å². The summed E-state index contributed by atoms with van der Waals surface area (Å²) in [6, 6.07) is 4.80. The minimum absolute atomic E-state index is 0.0740. The fourth-order valence-electron chi connectivity index (χ4n) is 6.48. The lowest BCUT2D eigenvalue weighted by molar-refractivity contribution is -0.342. The Hall–Kier alpha value is -5.53. The van der Waals surface area contributed by atoms with Crippen LogP contribution in [0.15, 0.2) is 41.7 Å². The first-order valence-electron chi connectivity index (χ1n) is 17.3. The van der Waals surface area contributed by atoms with Gasteiger partial charge in [-0.25, -0.2) is 4.79 Å². The molecule has 2 aliphatic heterocycles. The van der Waals surface area contributed by atoms with E-state index in [-0.39, 0.29) is 42.1 Å². The second-order valence-corrected chi connectivity index (χ2v) is 12.8. The van der Waals surface area contributed by atoms with E-state index in [9.17, 15) is 38.7 Å². The first-order chi connectivity index (χ1) is 26.5. The van der Waals surface area contributed by atoms with E-state index >= 15 is 0 Å². The van der Waals surface area contributed by atoms with Crippen LogP contribution >= 0.6 is 0 Å². The van der Waals surface area contributed by atoms with Gasteiger partial charge in [0, 0.05) is 47.0 Å². The van der Waals surface area contributed by atoms with Gasteiger partial charge in [-0.3, -0.25) is 28.8 Å². The monoisotopic (exact) mass is 792 g/mol. The van der Waals surface area contributed by atoms with Gasteiger partial charge in [-0.1, -0.05) is 12.1 Å². The lowest BCUT2D eigenvalue weighted by Crippen LogP contribution is -2.63. The maximum absolute atomic E-state index is 13.0. The number of benzene rings is 1. The molecular weight excluding hydrogens is 748 g/mol. The largest absolute Gasteiger partial charge is 0.493 e. The summed E-state index contributed by atoms with van der Waals surface area (Å²) in [7, 11) is 2.54. The van der Waals surface area contributed by atoms with Gasteiger partial charge in [-0.2, -0.15) is 0 Å². The fourth-order valence-corrected chi connectivity index (χ4v) is 6.48.